The fourth-order valence-electron chi connectivity index (χ4n) is 4.11. The van der Waals surface area contributed by atoms with Gasteiger partial charge in [0.15, 0.2) is 5.65 Å². The summed E-state index contributed by atoms with van der Waals surface area (Å²) >= 11 is 1.71. The van der Waals surface area contributed by atoms with Crippen LogP contribution in [0.15, 0.2) is 60.4 Å². The lowest BCUT2D eigenvalue weighted by Gasteiger charge is -2.15. The number of nitrogens with zero attached hydrogens (tertiary/aromatic N) is 5. The van der Waals surface area contributed by atoms with Gasteiger partial charge in [-0.05, 0) is 54.6 Å². The van der Waals surface area contributed by atoms with Crippen LogP contribution in [0.2, 0.25) is 0 Å². The Kier molecular flexibility index (Phi) is 5.73. The normalized spacial score (nSPS) is 16.7. The number of fused-ring (bicyclic) bond motifs is 1. The molecule has 4 aromatic heterocycles. The molecule has 1 amide bonds. The van der Waals surface area contributed by atoms with Crippen LogP contribution in [0.1, 0.15) is 39.0 Å². The molecule has 1 saturated heterocycles. The molecule has 0 aromatic carbocycles. The lowest BCUT2D eigenvalue weighted by atomic mass is 10.1. The monoisotopic (exact) mass is 432 g/mol. The Bertz CT molecular complexity index is 1160. The molecule has 1 aliphatic rings. The standard InChI is InChI=1S/C23H24N6OS/c30-23(25-10-7-20-4-2-12-31-20)19-5-6-21-26-27-22(29(21)16-19)18-8-11-28(15-18)14-17-3-1-9-24-13-17/h1-6,9,12-13,16,18H,7-8,10-11,14-15H2,(H,25,30). The summed E-state index contributed by atoms with van der Waals surface area (Å²) in [6.45, 7) is 3.45. The number of amides is 1. The average molecular weight is 433 g/mol. The van der Waals surface area contributed by atoms with Gasteiger partial charge in [-0.25, -0.2) is 0 Å². The summed E-state index contributed by atoms with van der Waals surface area (Å²) in [5, 5.41) is 13.9. The smallest absolute Gasteiger partial charge is 0.252 e. The topological polar surface area (TPSA) is 75.4 Å². The minimum absolute atomic E-state index is 0.0669. The van der Waals surface area contributed by atoms with Crippen LogP contribution in [0.4, 0.5) is 0 Å². The highest BCUT2D eigenvalue weighted by Gasteiger charge is 2.28. The van der Waals surface area contributed by atoms with E-state index < -0.39 is 0 Å². The van der Waals surface area contributed by atoms with Gasteiger partial charge >= 0.3 is 0 Å². The second-order valence-electron chi connectivity index (χ2n) is 7.87. The molecule has 1 N–H and O–H groups in total. The first-order valence-electron chi connectivity index (χ1n) is 10.5. The molecule has 7 nitrogen and oxygen atoms in total. The number of pyridine rings is 2. The number of rotatable bonds is 7. The third-order valence-corrected chi connectivity index (χ3v) is 6.63. The molecule has 5 rings (SSSR count). The molecule has 0 radical (unpaired) electrons. The number of hydrogen-bond donors (Lipinski definition) is 1. The highest BCUT2D eigenvalue weighted by atomic mass is 32.1. The van der Waals surface area contributed by atoms with Gasteiger partial charge in [0.25, 0.3) is 5.91 Å². The number of likely N-dealkylation sites (tertiary alicyclic amines) is 1. The predicted octanol–water partition coefficient (Wildman–Crippen LogP) is 3.15. The van der Waals surface area contributed by atoms with Crippen LogP contribution >= 0.6 is 11.3 Å². The molecular weight excluding hydrogens is 408 g/mol. The van der Waals surface area contributed by atoms with Crippen LogP contribution < -0.4 is 5.32 Å². The third-order valence-electron chi connectivity index (χ3n) is 5.69. The third kappa shape index (κ3) is 4.50. The van der Waals surface area contributed by atoms with Crippen LogP contribution in [-0.4, -0.2) is 50.0 Å². The van der Waals surface area contributed by atoms with Crippen LogP contribution in [0.5, 0.6) is 0 Å². The molecule has 0 saturated carbocycles. The number of carbonyl (C=O) groups excluding carboxylic acids is 1. The van der Waals surface area contributed by atoms with Gasteiger partial charge in [-0.1, -0.05) is 12.1 Å². The summed E-state index contributed by atoms with van der Waals surface area (Å²) in [6, 6.07) is 11.9. The van der Waals surface area contributed by atoms with E-state index in [1.807, 2.05) is 41.1 Å². The molecule has 1 fully saturated rings. The first-order chi connectivity index (χ1) is 15.3. The quantitative estimate of drug-likeness (QED) is 0.486. The molecule has 0 bridgehead atoms. The lowest BCUT2D eigenvalue weighted by Crippen LogP contribution is -2.25. The molecule has 5 heterocycles. The van der Waals surface area contributed by atoms with Gasteiger partial charge in [0.2, 0.25) is 0 Å². The van der Waals surface area contributed by atoms with Crippen molar-refractivity contribution in [3.63, 3.8) is 0 Å². The van der Waals surface area contributed by atoms with Crippen molar-refractivity contribution < 1.29 is 4.79 Å². The molecule has 8 heteroatoms. The fourth-order valence-corrected chi connectivity index (χ4v) is 4.82. The van der Waals surface area contributed by atoms with E-state index in [2.05, 4.69) is 42.9 Å². The summed E-state index contributed by atoms with van der Waals surface area (Å²) < 4.78 is 1.98. The van der Waals surface area contributed by atoms with Crippen LogP contribution in [0.25, 0.3) is 5.65 Å². The summed E-state index contributed by atoms with van der Waals surface area (Å²) in [6.07, 6.45) is 7.46. The highest BCUT2D eigenvalue weighted by molar-refractivity contribution is 7.09. The van der Waals surface area contributed by atoms with Crippen LogP contribution in [0.3, 0.4) is 0 Å². The van der Waals surface area contributed by atoms with E-state index in [9.17, 15) is 4.79 Å². The van der Waals surface area contributed by atoms with Crippen molar-refractivity contribution >= 4 is 22.9 Å². The van der Waals surface area contributed by atoms with E-state index >= 15 is 0 Å². The van der Waals surface area contributed by atoms with Crippen molar-refractivity contribution in [2.75, 3.05) is 19.6 Å². The van der Waals surface area contributed by atoms with Crippen molar-refractivity contribution in [2.24, 2.45) is 0 Å². The maximum absolute atomic E-state index is 12.7. The average Bonchev–Trinajstić information content (AvgIpc) is 3.55. The summed E-state index contributed by atoms with van der Waals surface area (Å²) in [5.74, 6) is 1.16. The van der Waals surface area contributed by atoms with Crippen LogP contribution in [0, 0.1) is 0 Å². The van der Waals surface area contributed by atoms with Gasteiger partial charge in [-0.2, -0.15) is 0 Å². The van der Waals surface area contributed by atoms with E-state index in [-0.39, 0.29) is 5.91 Å². The van der Waals surface area contributed by atoms with E-state index in [4.69, 9.17) is 0 Å². The van der Waals surface area contributed by atoms with E-state index in [0.29, 0.717) is 18.0 Å². The first-order valence-corrected chi connectivity index (χ1v) is 11.4. The molecule has 1 unspecified atom stereocenters. The summed E-state index contributed by atoms with van der Waals surface area (Å²) in [7, 11) is 0. The summed E-state index contributed by atoms with van der Waals surface area (Å²) in [5.41, 5.74) is 2.62. The molecule has 4 aromatic rings. The maximum atomic E-state index is 12.7. The van der Waals surface area contributed by atoms with E-state index in [0.717, 1.165) is 43.9 Å². The first kappa shape index (κ1) is 19.8. The maximum Gasteiger partial charge on any atom is 0.252 e. The molecule has 1 aliphatic heterocycles. The summed E-state index contributed by atoms with van der Waals surface area (Å²) in [4.78, 5) is 20.6. The van der Waals surface area contributed by atoms with Gasteiger partial charge in [0.05, 0.1) is 5.56 Å². The van der Waals surface area contributed by atoms with Gasteiger partial charge in [0, 0.05) is 49.0 Å². The Hall–Kier alpha value is -3.10. The van der Waals surface area contributed by atoms with Gasteiger partial charge in [-0.15, -0.1) is 21.5 Å². The van der Waals surface area contributed by atoms with Crippen molar-refractivity contribution in [3.8, 4) is 0 Å². The molecule has 158 valence electrons. The zero-order chi connectivity index (χ0) is 21.0. The molecule has 31 heavy (non-hydrogen) atoms. The second-order valence-corrected chi connectivity index (χ2v) is 8.90. The highest BCUT2D eigenvalue weighted by Crippen LogP contribution is 2.27. The molecular formula is C23H24N6OS. The van der Waals surface area contributed by atoms with Crippen molar-refractivity contribution in [1.29, 1.82) is 0 Å². The number of nitrogens with one attached hydrogen (secondary N) is 1. The minimum atomic E-state index is -0.0669. The molecule has 1 atom stereocenters. The fraction of sp³-hybridized carbons (Fsp3) is 0.304. The van der Waals surface area contributed by atoms with Gasteiger partial charge < -0.3 is 5.32 Å². The van der Waals surface area contributed by atoms with Crippen molar-refractivity contribution in [2.45, 2.75) is 25.3 Å². The van der Waals surface area contributed by atoms with Gasteiger partial charge in [0.1, 0.15) is 5.82 Å². The zero-order valence-corrected chi connectivity index (χ0v) is 18.0. The number of hydrogen-bond acceptors (Lipinski definition) is 6. The number of carbonyl (C=O) groups is 1. The Morgan fingerprint density at radius 1 is 1.19 bits per heavy atom. The Morgan fingerprint density at radius 2 is 2.16 bits per heavy atom. The Balaban J connectivity index is 1.26. The zero-order valence-electron chi connectivity index (χ0n) is 17.1. The second kappa shape index (κ2) is 8.95. The van der Waals surface area contributed by atoms with Crippen molar-refractivity contribution in [3.05, 3.63) is 82.2 Å². The van der Waals surface area contributed by atoms with Crippen molar-refractivity contribution in [1.82, 2.24) is 29.8 Å². The lowest BCUT2D eigenvalue weighted by molar-refractivity contribution is 0.0953. The van der Waals surface area contributed by atoms with E-state index in [1.54, 1.807) is 17.5 Å². The largest absolute Gasteiger partial charge is 0.352 e. The Morgan fingerprint density at radius 3 is 3.00 bits per heavy atom. The number of aromatic nitrogens is 4. The van der Waals surface area contributed by atoms with Crippen LogP contribution in [-0.2, 0) is 13.0 Å². The molecule has 0 spiro atoms. The Labute approximate surface area is 184 Å². The molecule has 0 aliphatic carbocycles. The predicted molar refractivity (Wildman–Crippen MR) is 120 cm³/mol. The SMILES string of the molecule is O=C(NCCc1cccs1)c1ccc2nnc(C3CCN(Cc4cccnc4)C3)n2c1. The van der Waals surface area contributed by atoms with Gasteiger partial charge in [-0.3, -0.25) is 19.1 Å². The van der Waals surface area contributed by atoms with E-state index in [1.165, 1.54) is 10.4 Å². The number of thiophene rings is 1. The minimum Gasteiger partial charge on any atom is -0.352 e.